The third-order valence-electron chi connectivity index (χ3n) is 5.59. The molecule has 2 rings (SSSR count). The summed E-state index contributed by atoms with van der Waals surface area (Å²) in [5, 5.41) is 3.22. The summed E-state index contributed by atoms with van der Waals surface area (Å²) < 4.78 is 0. The standard InChI is InChI=1S/C17H30N2OS/c1-2-13-8-10-17(11-9-13,16(18)21)19-15(20)12-14-6-4-3-5-7-14/h13-14H,2-12H2,1H3,(H2,18,21)(H,19,20). The van der Waals surface area contributed by atoms with Gasteiger partial charge in [-0.25, -0.2) is 0 Å². The van der Waals surface area contributed by atoms with Crippen LogP contribution in [0.25, 0.3) is 0 Å². The smallest absolute Gasteiger partial charge is 0.221 e. The summed E-state index contributed by atoms with van der Waals surface area (Å²) in [4.78, 5) is 12.9. The Morgan fingerprint density at radius 1 is 1.14 bits per heavy atom. The van der Waals surface area contributed by atoms with Crippen LogP contribution in [0.4, 0.5) is 0 Å². The van der Waals surface area contributed by atoms with Crippen LogP contribution >= 0.6 is 12.2 Å². The average Bonchev–Trinajstić information content (AvgIpc) is 2.48. The first-order valence-corrected chi connectivity index (χ1v) is 9.07. The van der Waals surface area contributed by atoms with Crippen LogP contribution < -0.4 is 11.1 Å². The van der Waals surface area contributed by atoms with Crippen LogP contribution in [0.1, 0.15) is 77.6 Å². The van der Waals surface area contributed by atoms with Gasteiger partial charge < -0.3 is 11.1 Å². The lowest BCUT2D eigenvalue weighted by atomic mass is 9.75. The van der Waals surface area contributed by atoms with Crippen molar-refractivity contribution in [3.63, 3.8) is 0 Å². The highest BCUT2D eigenvalue weighted by Crippen LogP contribution is 2.34. The lowest BCUT2D eigenvalue weighted by Gasteiger charge is -2.40. The van der Waals surface area contributed by atoms with Gasteiger partial charge in [-0.2, -0.15) is 0 Å². The number of carbonyl (C=O) groups excluding carboxylic acids is 1. The van der Waals surface area contributed by atoms with Gasteiger partial charge in [0.2, 0.25) is 5.91 Å². The van der Waals surface area contributed by atoms with E-state index in [4.69, 9.17) is 18.0 Å². The number of amides is 1. The number of thiocarbonyl (C=S) groups is 1. The minimum Gasteiger partial charge on any atom is -0.391 e. The maximum absolute atomic E-state index is 12.4. The summed E-state index contributed by atoms with van der Waals surface area (Å²) in [5.74, 6) is 1.49. The zero-order valence-corrected chi connectivity index (χ0v) is 14.1. The molecule has 21 heavy (non-hydrogen) atoms. The van der Waals surface area contributed by atoms with Gasteiger partial charge in [0.25, 0.3) is 0 Å². The van der Waals surface area contributed by atoms with E-state index in [1.54, 1.807) is 0 Å². The van der Waals surface area contributed by atoms with Crippen LogP contribution in [0.5, 0.6) is 0 Å². The molecule has 120 valence electrons. The minimum atomic E-state index is -0.410. The Labute approximate surface area is 134 Å². The number of nitrogens with two attached hydrogens (primary N) is 1. The van der Waals surface area contributed by atoms with Crippen LogP contribution in [0.2, 0.25) is 0 Å². The summed E-state index contributed by atoms with van der Waals surface area (Å²) in [6, 6.07) is 0. The maximum Gasteiger partial charge on any atom is 0.221 e. The monoisotopic (exact) mass is 310 g/mol. The van der Waals surface area contributed by atoms with Gasteiger partial charge in [-0.15, -0.1) is 0 Å². The molecule has 2 aliphatic carbocycles. The topological polar surface area (TPSA) is 55.1 Å². The van der Waals surface area contributed by atoms with Crippen LogP contribution in [0.15, 0.2) is 0 Å². The van der Waals surface area contributed by atoms with Crippen molar-refractivity contribution in [2.45, 2.75) is 83.1 Å². The minimum absolute atomic E-state index is 0.157. The quantitative estimate of drug-likeness (QED) is 0.761. The van der Waals surface area contributed by atoms with Crippen LogP contribution in [-0.2, 0) is 4.79 Å². The zero-order chi connectivity index (χ0) is 15.3. The van der Waals surface area contributed by atoms with E-state index < -0.39 is 5.54 Å². The Morgan fingerprint density at radius 3 is 2.29 bits per heavy atom. The van der Waals surface area contributed by atoms with E-state index in [0.717, 1.165) is 31.6 Å². The Balaban J connectivity index is 1.90. The summed E-state index contributed by atoms with van der Waals surface area (Å²) in [7, 11) is 0. The fourth-order valence-corrected chi connectivity index (χ4v) is 4.24. The van der Waals surface area contributed by atoms with E-state index in [0.29, 0.717) is 17.3 Å². The van der Waals surface area contributed by atoms with E-state index in [1.165, 1.54) is 38.5 Å². The molecule has 0 aromatic carbocycles. The number of nitrogens with one attached hydrogen (secondary N) is 1. The highest BCUT2D eigenvalue weighted by atomic mass is 32.1. The van der Waals surface area contributed by atoms with Crippen molar-refractivity contribution >= 4 is 23.1 Å². The third kappa shape index (κ3) is 4.41. The Kier molecular flexibility index (Phi) is 6.03. The van der Waals surface area contributed by atoms with Crippen molar-refractivity contribution in [1.82, 2.24) is 5.32 Å². The van der Waals surface area contributed by atoms with Gasteiger partial charge in [0, 0.05) is 6.42 Å². The summed E-state index contributed by atoms with van der Waals surface area (Å²) >= 11 is 5.29. The van der Waals surface area contributed by atoms with Crippen LogP contribution in [0, 0.1) is 11.8 Å². The van der Waals surface area contributed by atoms with Crippen molar-refractivity contribution in [3.8, 4) is 0 Å². The van der Waals surface area contributed by atoms with E-state index in [1.807, 2.05) is 0 Å². The molecule has 0 heterocycles. The molecule has 0 bridgehead atoms. The van der Waals surface area contributed by atoms with Gasteiger partial charge >= 0.3 is 0 Å². The Bertz CT molecular complexity index is 369. The van der Waals surface area contributed by atoms with Crippen molar-refractivity contribution in [2.24, 2.45) is 17.6 Å². The molecular weight excluding hydrogens is 280 g/mol. The van der Waals surface area contributed by atoms with Crippen molar-refractivity contribution in [2.75, 3.05) is 0 Å². The van der Waals surface area contributed by atoms with Crippen LogP contribution in [-0.4, -0.2) is 16.4 Å². The van der Waals surface area contributed by atoms with Gasteiger partial charge in [0.15, 0.2) is 0 Å². The molecular formula is C17H30N2OS. The summed E-state index contributed by atoms with van der Waals surface area (Å²) in [6.45, 7) is 2.24. The molecule has 0 atom stereocenters. The molecule has 1 amide bonds. The molecule has 3 N–H and O–H groups in total. The Morgan fingerprint density at radius 2 is 1.76 bits per heavy atom. The van der Waals surface area contributed by atoms with Gasteiger partial charge in [-0.3, -0.25) is 4.79 Å². The highest BCUT2D eigenvalue weighted by molar-refractivity contribution is 7.80. The van der Waals surface area contributed by atoms with Crippen molar-refractivity contribution in [3.05, 3.63) is 0 Å². The second-order valence-electron chi connectivity index (χ2n) is 7.05. The first kappa shape index (κ1) is 16.7. The molecule has 0 radical (unpaired) electrons. The number of carbonyl (C=O) groups is 1. The molecule has 3 nitrogen and oxygen atoms in total. The second kappa shape index (κ2) is 7.57. The highest BCUT2D eigenvalue weighted by Gasteiger charge is 2.39. The van der Waals surface area contributed by atoms with E-state index in [2.05, 4.69) is 12.2 Å². The molecule has 0 saturated heterocycles. The molecule has 0 unspecified atom stereocenters. The van der Waals surface area contributed by atoms with E-state index in [9.17, 15) is 4.79 Å². The van der Waals surface area contributed by atoms with Gasteiger partial charge in [0.05, 0.1) is 10.5 Å². The molecule has 0 spiro atoms. The Hall–Kier alpha value is -0.640. The fraction of sp³-hybridized carbons (Fsp3) is 0.882. The lowest BCUT2D eigenvalue weighted by Crippen LogP contribution is -2.58. The second-order valence-corrected chi connectivity index (χ2v) is 7.49. The molecule has 2 saturated carbocycles. The fourth-order valence-electron chi connectivity index (χ4n) is 3.98. The predicted octanol–water partition coefficient (Wildman–Crippen LogP) is 3.70. The van der Waals surface area contributed by atoms with Crippen molar-refractivity contribution < 1.29 is 4.79 Å². The maximum atomic E-state index is 12.4. The van der Waals surface area contributed by atoms with E-state index in [-0.39, 0.29) is 5.91 Å². The first-order chi connectivity index (χ1) is 10.1. The summed E-state index contributed by atoms with van der Waals surface area (Å²) in [6.07, 6.45) is 12.2. The van der Waals surface area contributed by atoms with Crippen molar-refractivity contribution in [1.29, 1.82) is 0 Å². The molecule has 0 aromatic rings. The zero-order valence-electron chi connectivity index (χ0n) is 13.3. The molecule has 2 aliphatic rings. The van der Waals surface area contributed by atoms with Crippen LogP contribution in [0.3, 0.4) is 0 Å². The largest absolute Gasteiger partial charge is 0.391 e. The lowest BCUT2D eigenvalue weighted by molar-refractivity contribution is -0.123. The first-order valence-electron chi connectivity index (χ1n) is 8.66. The summed E-state index contributed by atoms with van der Waals surface area (Å²) in [5.41, 5.74) is 5.58. The van der Waals surface area contributed by atoms with Gasteiger partial charge in [-0.1, -0.05) is 44.8 Å². The van der Waals surface area contributed by atoms with E-state index >= 15 is 0 Å². The third-order valence-corrected chi connectivity index (χ3v) is 5.98. The predicted molar refractivity (Wildman–Crippen MR) is 91.1 cm³/mol. The van der Waals surface area contributed by atoms with Gasteiger partial charge in [-0.05, 0) is 50.4 Å². The normalized spacial score (nSPS) is 30.8. The number of rotatable bonds is 5. The number of hydrogen-bond acceptors (Lipinski definition) is 2. The van der Waals surface area contributed by atoms with Gasteiger partial charge in [0.1, 0.15) is 0 Å². The molecule has 0 aliphatic heterocycles. The average molecular weight is 311 g/mol. The SMILES string of the molecule is CCC1CCC(NC(=O)CC2CCCCC2)(C(N)=S)CC1. The molecule has 4 heteroatoms. The molecule has 0 aromatic heterocycles. The number of hydrogen-bond donors (Lipinski definition) is 2. The molecule has 2 fully saturated rings.